The van der Waals surface area contributed by atoms with E-state index in [1.807, 2.05) is 0 Å². The number of amides is 1. The third-order valence-corrected chi connectivity index (χ3v) is 7.65. The fourth-order valence-electron chi connectivity index (χ4n) is 4.64. The number of ether oxygens (including phenoxy) is 1. The zero-order valence-electron chi connectivity index (χ0n) is 18.8. The number of aliphatic hydroxyl groups is 1. The Morgan fingerprint density at radius 3 is 2.68 bits per heavy atom. The number of piperidine rings is 1. The minimum absolute atomic E-state index is 0.00795. The van der Waals surface area contributed by atoms with E-state index in [0.29, 0.717) is 46.7 Å². The van der Waals surface area contributed by atoms with E-state index >= 15 is 0 Å². The number of primary amides is 1. The maximum absolute atomic E-state index is 12.9. The first-order valence-corrected chi connectivity index (χ1v) is 13.0. The van der Waals surface area contributed by atoms with Crippen LogP contribution in [0.1, 0.15) is 24.0 Å². The molecule has 1 atom stereocenters. The van der Waals surface area contributed by atoms with Crippen molar-refractivity contribution in [3.63, 3.8) is 0 Å². The van der Waals surface area contributed by atoms with Crippen molar-refractivity contribution in [1.29, 1.82) is 0 Å². The second-order valence-corrected chi connectivity index (χ2v) is 11.3. The van der Waals surface area contributed by atoms with Crippen LogP contribution in [-0.2, 0) is 24.2 Å². The first-order valence-electron chi connectivity index (χ1n) is 10.7. The summed E-state index contributed by atoms with van der Waals surface area (Å²) in [6, 6.07) is 9.77. The van der Waals surface area contributed by atoms with Gasteiger partial charge in [-0.15, -0.1) is 0 Å². The summed E-state index contributed by atoms with van der Waals surface area (Å²) in [5.41, 5.74) is 6.41. The SMILES string of the molecule is Cc1cc(-c2cccc(S(C)(=O)=O)c2)c(Cl)cc1C1=C(O)C2(CCCN(CC(N)=O)C2)OC1=O. The highest BCUT2D eigenvalue weighted by Gasteiger charge is 2.51. The van der Waals surface area contributed by atoms with Crippen LogP contribution < -0.4 is 5.73 Å². The number of sulfone groups is 1. The number of hydrogen-bond donors (Lipinski definition) is 2. The third kappa shape index (κ3) is 4.43. The standard InChI is InChI=1S/C24H25ClN2O6S/c1-14-9-18(15-5-3-6-16(10-15)34(2,31)32)19(25)11-17(14)21-22(29)24(33-23(21)30)7-4-8-27(13-24)12-20(26)28/h3,5-6,9-11,29H,4,7-8,12-13H2,1-2H3,(H2,26,28). The maximum Gasteiger partial charge on any atom is 0.343 e. The topological polar surface area (TPSA) is 127 Å². The zero-order chi connectivity index (χ0) is 24.8. The van der Waals surface area contributed by atoms with Gasteiger partial charge in [-0.1, -0.05) is 23.7 Å². The molecular formula is C24H25ClN2O6S. The molecule has 10 heteroatoms. The van der Waals surface area contributed by atoms with Gasteiger partial charge in [0.1, 0.15) is 5.57 Å². The molecule has 2 heterocycles. The average Bonchev–Trinajstić information content (AvgIpc) is 2.97. The number of halogens is 1. The molecule has 0 aliphatic carbocycles. The molecule has 0 saturated carbocycles. The van der Waals surface area contributed by atoms with Gasteiger partial charge in [-0.2, -0.15) is 0 Å². The average molecular weight is 505 g/mol. The molecule has 34 heavy (non-hydrogen) atoms. The number of carbonyl (C=O) groups excluding carboxylic acids is 2. The van der Waals surface area contributed by atoms with Crippen molar-refractivity contribution in [1.82, 2.24) is 4.90 Å². The lowest BCUT2D eigenvalue weighted by Gasteiger charge is -2.38. The van der Waals surface area contributed by atoms with Crippen LogP contribution in [0.25, 0.3) is 16.7 Å². The minimum Gasteiger partial charge on any atom is -0.507 e. The Balaban J connectivity index is 1.75. The molecule has 1 fully saturated rings. The highest BCUT2D eigenvalue weighted by molar-refractivity contribution is 7.90. The quantitative estimate of drug-likeness (QED) is 0.599. The summed E-state index contributed by atoms with van der Waals surface area (Å²) in [5, 5.41) is 11.4. The van der Waals surface area contributed by atoms with Crippen molar-refractivity contribution in [2.24, 2.45) is 5.73 Å². The maximum atomic E-state index is 12.9. The first kappa shape index (κ1) is 24.3. The molecule has 0 aromatic heterocycles. The van der Waals surface area contributed by atoms with Crippen molar-refractivity contribution in [3.05, 3.63) is 58.3 Å². The fraction of sp³-hybridized carbons (Fsp3) is 0.333. The van der Waals surface area contributed by atoms with Crippen molar-refractivity contribution in [2.75, 3.05) is 25.9 Å². The van der Waals surface area contributed by atoms with Crippen LogP contribution in [0.2, 0.25) is 5.02 Å². The second kappa shape index (κ2) is 8.72. The minimum atomic E-state index is -3.40. The number of carbonyl (C=O) groups is 2. The molecule has 1 amide bonds. The molecule has 1 saturated heterocycles. The Labute approximate surface area is 202 Å². The highest BCUT2D eigenvalue weighted by Crippen LogP contribution is 2.44. The van der Waals surface area contributed by atoms with Gasteiger partial charge >= 0.3 is 5.97 Å². The van der Waals surface area contributed by atoms with Crippen molar-refractivity contribution in [2.45, 2.75) is 30.3 Å². The summed E-state index contributed by atoms with van der Waals surface area (Å²) in [5.74, 6) is -1.34. The first-order chi connectivity index (χ1) is 15.9. The van der Waals surface area contributed by atoms with Crippen LogP contribution in [0, 0.1) is 6.92 Å². The molecule has 4 rings (SSSR count). The predicted molar refractivity (Wildman–Crippen MR) is 128 cm³/mol. The van der Waals surface area contributed by atoms with E-state index in [2.05, 4.69) is 0 Å². The van der Waals surface area contributed by atoms with E-state index in [0.717, 1.165) is 6.26 Å². The lowest BCUT2D eigenvalue weighted by atomic mass is 9.87. The van der Waals surface area contributed by atoms with E-state index in [-0.39, 0.29) is 29.3 Å². The number of esters is 1. The van der Waals surface area contributed by atoms with Crippen molar-refractivity contribution in [3.8, 4) is 11.1 Å². The Hall–Kier alpha value is -2.88. The number of aryl methyl sites for hydroxylation is 1. The molecule has 0 radical (unpaired) electrons. The smallest absolute Gasteiger partial charge is 0.343 e. The lowest BCUT2D eigenvalue weighted by molar-refractivity contribution is -0.151. The summed E-state index contributed by atoms with van der Waals surface area (Å²) in [7, 11) is -3.40. The van der Waals surface area contributed by atoms with Crippen molar-refractivity contribution >= 4 is 38.9 Å². The Kier molecular flexibility index (Phi) is 6.22. The summed E-state index contributed by atoms with van der Waals surface area (Å²) < 4.78 is 29.6. The highest BCUT2D eigenvalue weighted by atomic mass is 35.5. The normalized spacial score (nSPS) is 21.2. The van der Waals surface area contributed by atoms with Crippen LogP contribution in [-0.4, -0.2) is 61.8 Å². The van der Waals surface area contributed by atoms with E-state index in [1.165, 1.54) is 6.07 Å². The zero-order valence-corrected chi connectivity index (χ0v) is 20.4. The van der Waals surface area contributed by atoms with Crippen LogP contribution >= 0.6 is 11.6 Å². The Morgan fingerprint density at radius 2 is 2.00 bits per heavy atom. The van der Waals surface area contributed by atoms with Gasteiger partial charge in [-0.05, 0) is 67.3 Å². The van der Waals surface area contributed by atoms with Gasteiger partial charge in [0, 0.05) is 23.4 Å². The largest absolute Gasteiger partial charge is 0.507 e. The summed E-state index contributed by atoms with van der Waals surface area (Å²) in [4.78, 5) is 26.2. The van der Waals surface area contributed by atoms with Gasteiger partial charge in [0.05, 0.1) is 11.4 Å². The number of nitrogens with two attached hydrogens (primary N) is 1. The fourth-order valence-corrected chi connectivity index (χ4v) is 5.58. The molecule has 8 nitrogen and oxygen atoms in total. The van der Waals surface area contributed by atoms with E-state index in [4.69, 9.17) is 22.1 Å². The van der Waals surface area contributed by atoms with Crippen LogP contribution in [0.4, 0.5) is 0 Å². The number of likely N-dealkylation sites (tertiary alicyclic amines) is 1. The van der Waals surface area contributed by atoms with E-state index in [1.54, 1.807) is 42.2 Å². The summed E-state index contributed by atoms with van der Waals surface area (Å²) in [6.07, 6.45) is 2.18. The Morgan fingerprint density at radius 1 is 1.26 bits per heavy atom. The third-order valence-electron chi connectivity index (χ3n) is 6.23. The number of nitrogens with zero attached hydrogens (tertiary/aromatic N) is 1. The Bertz CT molecular complexity index is 1340. The molecule has 180 valence electrons. The van der Waals surface area contributed by atoms with Gasteiger partial charge in [-0.25, -0.2) is 13.2 Å². The van der Waals surface area contributed by atoms with E-state index < -0.39 is 27.3 Å². The lowest BCUT2D eigenvalue weighted by Crippen LogP contribution is -2.51. The monoisotopic (exact) mass is 504 g/mol. The number of hydrogen-bond acceptors (Lipinski definition) is 7. The van der Waals surface area contributed by atoms with Gasteiger partial charge in [0.15, 0.2) is 21.2 Å². The molecule has 2 aliphatic heterocycles. The second-order valence-electron chi connectivity index (χ2n) is 8.83. The number of aliphatic hydroxyl groups excluding tert-OH is 1. The van der Waals surface area contributed by atoms with Gasteiger partial charge in [0.2, 0.25) is 5.91 Å². The molecular weight excluding hydrogens is 480 g/mol. The van der Waals surface area contributed by atoms with Crippen LogP contribution in [0.5, 0.6) is 0 Å². The van der Waals surface area contributed by atoms with Crippen LogP contribution in [0.15, 0.2) is 47.1 Å². The van der Waals surface area contributed by atoms with Gasteiger partial charge in [0.25, 0.3) is 0 Å². The predicted octanol–water partition coefficient (Wildman–Crippen LogP) is 2.86. The summed E-state index contributed by atoms with van der Waals surface area (Å²) >= 11 is 6.57. The molecule has 2 aromatic rings. The molecule has 0 bridgehead atoms. The molecule has 1 unspecified atom stereocenters. The van der Waals surface area contributed by atoms with Gasteiger partial charge < -0.3 is 15.6 Å². The van der Waals surface area contributed by atoms with E-state index in [9.17, 15) is 23.1 Å². The molecule has 2 aliphatic rings. The molecule has 3 N–H and O–H groups in total. The number of rotatable bonds is 5. The summed E-state index contributed by atoms with van der Waals surface area (Å²) in [6.45, 7) is 2.56. The number of benzene rings is 2. The van der Waals surface area contributed by atoms with Crippen molar-refractivity contribution < 1.29 is 27.9 Å². The molecule has 2 aromatic carbocycles. The molecule has 1 spiro atoms. The van der Waals surface area contributed by atoms with Crippen LogP contribution in [0.3, 0.4) is 0 Å². The van der Waals surface area contributed by atoms with Gasteiger partial charge in [-0.3, -0.25) is 9.69 Å².